The number of para-hydroxylation sites is 1. The number of anilines is 1. The summed E-state index contributed by atoms with van der Waals surface area (Å²) in [5, 5.41) is 9.02. The molecule has 0 aliphatic rings. The summed E-state index contributed by atoms with van der Waals surface area (Å²) in [6, 6.07) is 9.59. The van der Waals surface area contributed by atoms with Gasteiger partial charge in [-0.1, -0.05) is 12.1 Å². The number of methoxy groups -OCH3 is 1. The maximum atomic E-state index is 11.7. The molecule has 1 rings (SSSR count). The van der Waals surface area contributed by atoms with Crippen molar-refractivity contribution in [1.29, 1.82) is 5.26 Å². The molecule has 4 heteroatoms. The lowest BCUT2D eigenvalue weighted by Gasteiger charge is -2.24. The predicted molar refractivity (Wildman–Crippen MR) is 75.1 cm³/mol. The maximum absolute atomic E-state index is 11.7. The van der Waals surface area contributed by atoms with Crippen molar-refractivity contribution in [2.75, 3.05) is 25.6 Å². The van der Waals surface area contributed by atoms with Gasteiger partial charge in [0.2, 0.25) is 0 Å². The molecule has 0 N–H and O–H groups in total. The van der Waals surface area contributed by atoms with Crippen LogP contribution in [0, 0.1) is 16.7 Å². The molecule has 0 spiro atoms. The number of hydrogen-bond donors (Lipinski definition) is 0. The Labute approximate surface area is 114 Å². The summed E-state index contributed by atoms with van der Waals surface area (Å²) < 4.78 is 4.78. The Hall–Kier alpha value is -2.02. The SMILES string of the molecule is COC(=O)c1ccccc1N(C)CCC(C)(C)C#N. The highest BCUT2D eigenvalue weighted by Crippen LogP contribution is 2.24. The van der Waals surface area contributed by atoms with Gasteiger partial charge in [-0.25, -0.2) is 4.79 Å². The normalized spacial score (nSPS) is 10.7. The van der Waals surface area contributed by atoms with E-state index in [2.05, 4.69) is 6.07 Å². The van der Waals surface area contributed by atoms with Crippen LogP contribution in [0.15, 0.2) is 24.3 Å². The van der Waals surface area contributed by atoms with Crippen LogP contribution in [0.3, 0.4) is 0 Å². The molecule has 0 heterocycles. The Morgan fingerprint density at radius 1 is 1.42 bits per heavy atom. The summed E-state index contributed by atoms with van der Waals surface area (Å²) in [6.07, 6.45) is 0.732. The van der Waals surface area contributed by atoms with Gasteiger partial charge in [-0.3, -0.25) is 0 Å². The van der Waals surface area contributed by atoms with E-state index < -0.39 is 0 Å². The van der Waals surface area contributed by atoms with Crippen LogP contribution in [0.25, 0.3) is 0 Å². The van der Waals surface area contributed by atoms with Crippen molar-refractivity contribution in [3.63, 3.8) is 0 Å². The van der Waals surface area contributed by atoms with Crippen LogP contribution >= 0.6 is 0 Å². The fourth-order valence-corrected chi connectivity index (χ4v) is 1.71. The highest BCUT2D eigenvalue weighted by molar-refractivity contribution is 5.95. The number of hydrogen-bond acceptors (Lipinski definition) is 4. The van der Waals surface area contributed by atoms with Crippen molar-refractivity contribution in [2.45, 2.75) is 20.3 Å². The number of carbonyl (C=O) groups is 1. The second-order valence-electron chi connectivity index (χ2n) is 5.18. The van der Waals surface area contributed by atoms with Crippen molar-refractivity contribution in [2.24, 2.45) is 5.41 Å². The van der Waals surface area contributed by atoms with Crippen LogP contribution in [0.2, 0.25) is 0 Å². The predicted octanol–water partition coefficient (Wildman–Crippen LogP) is 2.85. The average molecular weight is 260 g/mol. The number of ether oxygens (including phenoxy) is 1. The first-order chi connectivity index (χ1) is 8.91. The first-order valence-electron chi connectivity index (χ1n) is 6.21. The zero-order valence-electron chi connectivity index (χ0n) is 11.9. The molecule has 0 aromatic heterocycles. The summed E-state index contributed by atoms with van der Waals surface area (Å²) in [5.74, 6) is -0.345. The molecule has 0 atom stereocenters. The van der Waals surface area contributed by atoms with E-state index in [1.807, 2.05) is 44.0 Å². The molecule has 0 amide bonds. The van der Waals surface area contributed by atoms with Gasteiger partial charge >= 0.3 is 5.97 Å². The summed E-state index contributed by atoms with van der Waals surface area (Å²) in [5.41, 5.74) is 0.999. The van der Waals surface area contributed by atoms with Gasteiger partial charge in [-0.2, -0.15) is 5.26 Å². The van der Waals surface area contributed by atoms with Crippen molar-refractivity contribution < 1.29 is 9.53 Å². The fourth-order valence-electron chi connectivity index (χ4n) is 1.71. The number of nitrogens with zero attached hydrogens (tertiary/aromatic N) is 2. The minimum absolute atomic E-state index is 0.345. The van der Waals surface area contributed by atoms with Crippen LogP contribution in [-0.2, 0) is 4.74 Å². The van der Waals surface area contributed by atoms with Crippen molar-refractivity contribution in [3.05, 3.63) is 29.8 Å². The van der Waals surface area contributed by atoms with Crippen molar-refractivity contribution in [1.82, 2.24) is 0 Å². The van der Waals surface area contributed by atoms with E-state index in [1.165, 1.54) is 7.11 Å². The molecule has 0 saturated heterocycles. The quantitative estimate of drug-likeness (QED) is 0.764. The van der Waals surface area contributed by atoms with Crippen LogP contribution in [0.5, 0.6) is 0 Å². The van der Waals surface area contributed by atoms with E-state index in [-0.39, 0.29) is 11.4 Å². The number of carbonyl (C=O) groups excluding carboxylic acids is 1. The molecule has 0 fully saturated rings. The highest BCUT2D eigenvalue weighted by atomic mass is 16.5. The molecular weight excluding hydrogens is 240 g/mol. The molecule has 1 aromatic rings. The van der Waals surface area contributed by atoms with Gasteiger partial charge in [0.25, 0.3) is 0 Å². The van der Waals surface area contributed by atoms with Crippen molar-refractivity contribution in [3.8, 4) is 6.07 Å². The third-order valence-electron chi connectivity index (χ3n) is 3.10. The van der Waals surface area contributed by atoms with Crippen LogP contribution in [0.1, 0.15) is 30.6 Å². The summed E-state index contributed by atoms with van der Waals surface area (Å²) >= 11 is 0. The van der Waals surface area contributed by atoms with Crippen LogP contribution in [0.4, 0.5) is 5.69 Å². The molecule has 0 unspecified atom stereocenters. The van der Waals surface area contributed by atoms with E-state index >= 15 is 0 Å². The molecular formula is C15H20N2O2. The van der Waals surface area contributed by atoms with E-state index in [1.54, 1.807) is 6.07 Å². The summed E-state index contributed by atoms with van der Waals surface area (Å²) in [6.45, 7) is 4.52. The van der Waals surface area contributed by atoms with E-state index in [0.29, 0.717) is 12.1 Å². The number of benzene rings is 1. The first kappa shape index (κ1) is 15.0. The largest absolute Gasteiger partial charge is 0.465 e. The topological polar surface area (TPSA) is 53.3 Å². The zero-order chi connectivity index (χ0) is 14.5. The van der Waals surface area contributed by atoms with Gasteiger partial charge in [-0.05, 0) is 32.4 Å². The zero-order valence-corrected chi connectivity index (χ0v) is 11.9. The van der Waals surface area contributed by atoms with Crippen LogP contribution in [-0.4, -0.2) is 26.7 Å². The first-order valence-corrected chi connectivity index (χ1v) is 6.21. The monoisotopic (exact) mass is 260 g/mol. The second-order valence-corrected chi connectivity index (χ2v) is 5.18. The standard InChI is InChI=1S/C15H20N2O2/c1-15(2,11-16)9-10-17(3)13-8-6-5-7-12(13)14(18)19-4/h5-8H,9-10H2,1-4H3. The number of rotatable bonds is 5. The molecule has 19 heavy (non-hydrogen) atoms. The van der Waals surface area contributed by atoms with Crippen molar-refractivity contribution >= 4 is 11.7 Å². The van der Waals surface area contributed by atoms with Crippen LogP contribution < -0.4 is 4.90 Å². The minimum atomic E-state index is -0.367. The maximum Gasteiger partial charge on any atom is 0.339 e. The van der Waals surface area contributed by atoms with E-state index in [9.17, 15) is 4.79 Å². The Kier molecular flexibility index (Phi) is 4.94. The van der Waals surface area contributed by atoms with Gasteiger partial charge in [0, 0.05) is 13.6 Å². The molecule has 0 radical (unpaired) electrons. The van der Waals surface area contributed by atoms with E-state index in [4.69, 9.17) is 10.00 Å². The summed E-state index contributed by atoms with van der Waals surface area (Å²) in [4.78, 5) is 13.7. The third kappa shape index (κ3) is 3.99. The molecule has 0 aliphatic heterocycles. The Morgan fingerprint density at radius 3 is 2.63 bits per heavy atom. The summed E-state index contributed by atoms with van der Waals surface area (Å²) in [7, 11) is 3.28. The second kappa shape index (κ2) is 6.24. The van der Waals surface area contributed by atoms with Gasteiger partial charge in [0.05, 0.1) is 29.8 Å². The lowest BCUT2D eigenvalue weighted by Crippen LogP contribution is -2.25. The minimum Gasteiger partial charge on any atom is -0.465 e. The molecule has 102 valence electrons. The molecule has 1 aromatic carbocycles. The fraction of sp³-hybridized carbons (Fsp3) is 0.467. The molecule has 0 bridgehead atoms. The Balaban J connectivity index is 2.86. The van der Waals surface area contributed by atoms with Gasteiger partial charge in [-0.15, -0.1) is 0 Å². The molecule has 4 nitrogen and oxygen atoms in total. The third-order valence-corrected chi connectivity index (χ3v) is 3.10. The average Bonchev–Trinajstić information content (AvgIpc) is 2.44. The molecule has 0 aliphatic carbocycles. The lowest BCUT2D eigenvalue weighted by atomic mass is 9.91. The number of nitriles is 1. The smallest absolute Gasteiger partial charge is 0.339 e. The van der Waals surface area contributed by atoms with Gasteiger partial charge < -0.3 is 9.64 Å². The Bertz CT molecular complexity index is 489. The van der Waals surface area contributed by atoms with E-state index in [0.717, 1.165) is 12.1 Å². The van der Waals surface area contributed by atoms with Gasteiger partial charge in [0.15, 0.2) is 0 Å². The van der Waals surface area contributed by atoms with Gasteiger partial charge in [0.1, 0.15) is 0 Å². The lowest BCUT2D eigenvalue weighted by molar-refractivity contribution is 0.0601. The molecule has 0 saturated carbocycles. The number of esters is 1. The highest BCUT2D eigenvalue weighted by Gasteiger charge is 2.19. The Morgan fingerprint density at radius 2 is 2.05 bits per heavy atom.